The molecule has 0 aromatic heterocycles. The Balaban J connectivity index is 2.23. The van der Waals surface area contributed by atoms with Crippen LogP contribution >= 0.6 is 0 Å². The van der Waals surface area contributed by atoms with E-state index in [0.29, 0.717) is 5.92 Å². The Morgan fingerprint density at radius 1 is 1.50 bits per heavy atom. The summed E-state index contributed by atoms with van der Waals surface area (Å²) in [6.07, 6.45) is 5.80. The molecule has 0 spiro atoms. The van der Waals surface area contributed by atoms with Gasteiger partial charge in [-0.15, -0.1) is 0 Å². The molecule has 2 N–H and O–H groups in total. The smallest absolute Gasteiger partial charge is 0.237 e. The van der Waals surface area contributed by atoms with Crippen molar-refractivity contribution < 1.29 is 9.53 Å². The van der Waals surface area contributed by atoms with Crippen LogP contribution in [0.25, 0.3) is 0 Å². The van der Waals surface area contributed by atoms with E-state index < -0.39 is 0 Å². The zero-order valence-electron chi connectivity index (χ0n) is 12.0. The Hall–Kier alpha value is -0.610. The summed E-state index contributed by atoms with van der Waals surface area (Å²) in [5, 5.41) is 6.28. The number of hydrogen-bond acceptors (Lipinski definition) is 3. The van der Waals surface area contributed by atoms with Crippen LogP contribution in [0.4, 0.5) is 0 Å². The number of ether oxygens (including phenoxy) is 1. The number of hydrogen-bond donors (Lipinski definition) is 2. The van der Waals surface area contributed by atoms with E-state index in [0.717, 1.165) is 25.9 Å². The number of rotatable bonds is 8. The van der Waals surface area contributed by atoms with Crippen molar-refractivity contribution in [1.82, 2.24) is 10.6 Å². The van der Waals surface area contributed by atoms with Crippen molar-refractivity contribution in [1.29, 1.82) is 0 Å². The first-order valence-electron chi connectivity index (χ1n) is 7.25. The molecule has 0 radical (unpaired) electrons. The van der Waals surface area contributed by atoms with Gasteiger partial charge in [-0.2, -0.15) is 0 Å². The van der Waals surface area contributed by atoms with E-state index in [4.69, 9.17) is 4.74 Å². The highest BCUT2D eigenvalue weighted by Gasteiger charge is 2.29. The van der Waals surface area contributed by atoms with E-state index >= 15 is 0 Å². The highest BCUT2D eigenvalue weighted by atomic mass is 16.5. The second kappa shape index (κ2) is 8.48. The van der Waals surface area contributed by atoms with Crippen LogP contribution in [0.5, 0.6) is 0 Å². The van der Waals surface area contributed by atoms with Gasteiger partial charge in [-0.3, -0.25) is 4.79 Å². The molecule has 18 heavy (non-hydrogen) atoms. The van der Waals surface area contributed by atoms with Crippen LogP contribution in [0.15, 0.2) is 0 Å². The molecule has 4 nitrogen and oxygen atoms in total. The molecule has 1 fully saturated rings. The molecule has 106 valence electrons. The second-order valence-electron chi connectivity index (χ2n) is 5.22. The van der Waals surface area contributed by atoms with Gasteiger partial charge in [0.2, 0.25) is 5.91 Å². The molecule has 1 aliphatic heterocycles. The Bertz CT molecular complexity index is 246. The van der Waals surface area contributed by atoms with Crippen molar-refractivity contribution in [3.8, 4) is 0 Å². The molecule has 3 atom stereocenters. The number of methoxy groups -OCH3 is 1. The lowest BCUT2D eigenvalue weighted by Crippen LogP contribution is -2.42. The largest absolute Gasteiger partial charge is 0.380 e. The molecule has 4 heteroatoms. The first-order valence-corrected chi connectivity index (χ1v) is 7.25. The molecule has 1 rings (SSSR count). The molecular formula is C14H28N2O2. The van der Waals surface area contributed by atoms with E-state index in [2.05, 4.69) is 24.5 Å². The molecule has 0 aromatic carbocycles. The summed E-state index contributed by atoms with van der Waals surface area (Å²) in [6.45, 7) is 5.99. The number of carbonyl (C=O) groups is 1. The molecule has 1 aliphatic rings. The molecule has 3 unspecified atom stereocenters. The summed E-state index contributed by atoms with van der Waals surface area (Å²) >= 11 is 0. The predicted octanol–water partition coefficient (Wildman–Crippen LogP) is 1.70. The number of carbonyl (C=O) groups excluding carboxylic acids is 1. The average Bonchev–Trinajstić information content (AvgIpc) is 2.87. The Morgan fingerprint density at radius 2 is 2.28 bits per heavy atom. The number of unbranched alkanes of at least 4 members (excludes halogenated alkanes) is 1. The van der Waals surface area contributed by atoms with Gasteiger partial charge < -0.3 is 15.4 Å². The lowest BCUT2D eigenvalue weighted by atomic mass is 9.99. The first kappa shape index (κ1) is 15.4. The van der Waals surface area contributed by atoms with Gasteiger partial charge in [0.15, 0.2) is 0 Å². The van der Waals surface area contributed by atoms with Crippen LogP contribution in [0, 0.1) is 5.92 Å². The van der Waals surface area contributed by atoms with Crippen molar-refractivity contribution in [2.24, 2.45) is 5.92 Å². The second-order valence-corrected chi connectivity index (χ2v) is 5.22. The van der Waals surface area contributed by atoms with Crippen LogP contribution in [0.2, 0.25) is 0 Å². The topological polar surface area (TPSA) is 50.4 Å². The Kier molecular flexibility index (Phi) is 7.28. The third-order valence-corrected chi connectivity index (χ3v) is 3.85. The predicted molar refractivity (Wildman–Crippen MR) is 73.5 cm³/mol. The minimum Gasteiger partial charge on any atom is -0.380 e. The van der Waals surface area contributed by atoms with Gasteiger partial charge in [0, 0.05) is 20.2 Å². The van der Waals surface area contributed by atoms with Gasteiger partial charge >= 0.3 is 0 Å². The average molecular weight is 256 g/mol. The molecule has 1 heterocycles. The molecule has 0 saturated carbocycles. The van der Waals surface area contributed by atoms with Gasteiger partial charge in [0.25, 0.3) is 0 Å². The van der Waals surface area contributed by atoms with E-state index in [9.17, 15) is 4.79 Å². The maximum atomic E-state index is 12.0. The minimum absolute atomic E-state index is 0.0707. The van der Waals surface area contributed by atoms with Crippen LogP contribution in [-0.2, 0) is 9.53 Å². The van der Waals surface area contributed by atoms with Crippen molar-refractivity contribution in [3.05, 3.63) is 0 Å². The van der Waals surface area contributed by atoms with Gasteiger partial charge in [0.1, 0.15) is 0 Å². The molecule has 0 bridgehead atoms. The summed E-state index contributed by atoms with van der Waals surface area (Å²) in [6, 6.07) is -0.0707. The van der Waals surface area contributed by atoms with E-state index in [1.807, 2.05) is 0 Å². The number of nitrogens with one attached hydrogen (secondary N) is 2. The first-order chi connectivity index (χ1) is 8.71. The maximum absolute atomic E-state index is 12.0. The lowest BCUT2D eigenvalue weighted by Gasteiger charge is -2.17. The fraction of sp³-hybridized carbons (Fsp3) is 0.929. The summed E-state index contributed by atoms with van der Waals surface area (Å²) in [5.41, 5.74) is 0. The van der Waals surface area contributed by atoms with Crippen molar-refractivity contribution in [2.75, 3.05) is 20.2 Å². The SMILES string of the molecule is CCCCC(CC)CNC(=O)C1CC(OC)CN1. The summed E-state index contributed by atoms with van der Waals surface area (Å²) in [4.78, 5) is 12.0. The zero-order valence-corrected chi connectivity index (χ0v) is 12.0. The van der Waals surface area contributed by atoms with Gasteiger partial charge in [-0.25, -0.2) is 0 Å². The van der Waals surface area contributed by atoms with Crippen molar-refractivity contribution in [2.45, 2.75) is 58.1 Å². The van der Waals surface area contributed by atoms with Crippen molar-refractivity contribution in [3.63, 3.8) is 0 Å². The lowest BCUT2D eigenvalue weighted by molar-refractivity contribution is -0.123. The van der Waals surface area contributed by atoms with Gasteiger partial charge in [-0.05, 0) is 18.8 Å². The van der Waals surface area contributed by atoms with E-state index in [1.54, 1.807) is 7.11 Å². The van der Waals surface area contributed by atoms with E-state index in [1.165, 1.54) is 19.3 Å². The van der Waals surface area contributed by atoms with Crippen LogP contribution < -0.4 is 10.6 Å². The highest BCUT2D eigenvalue weighted by Crippen LogP contribution is 2.13. The monoisotopic (exact) mass is 256 g/mol. The fourth-order valence-corrected chi connectivity index (χ4v) is 2.39. The van der Waals surface area contributed by atoms with Gasteiger partial charge in [0.05, 0.1) is 12.1 Å². The third kappa shape index (κ3) is 4.94. The van der Waals surface area contributed by atoms with E-state index in [-0.39, 0.29) is 18.1 Å². The molecular weight excluding hydrogens is 228 g/mol. The molecule has 0 aliphatic carbocycles. The Morgan fingerprint density at radius 3 is 2.83 bits per heavy atom. The van der Waals surface area contributed by atoms with Crippen LogP contribution in [0.3, 0.4) is 0 Å². The summed E-state index contributed by atoms with van der Waals surface area (Å²) in [5.74, 6) is 0.748. The zero-order chi connectivity index (χ0) is 13.4. The molecule has 1 saturated heterocycles. The van der Waals surface area contributed by atoms with Crippen molar-refractivity contribution >= 4 is 5.91 Å². The quantitative estimate of drug-likeness (QED) is 0.695. The number of amides is 1. The molecule has 0 aromatic rings. The summed E-state index contributed by atoms with van der Waals surface area (Å²) in [7, 11) is 1.70. The normalized spacial score (nSPS) is 25.1. The third-order valence-electron chi connectivity index (χ3n) is 3.85. The Labute approximate surface area is 111 Å². The highest BCUT2D eigenvalue weighted by molar-refractivity contribution is 5.82. The minimum atomic E-state index is -0.0707. The van der Waals surface area contributed by atoms with Crippen LogP contribution in [0.1, 0.15) is 46.0 Å². The standard InChI is InChI=1S/C14H28N2O2/c1-4-6-7-11(5-2)9-16-14(17)13-8-12(18-3)10-15-13/h11-13,15H,4-10H2,1-3H3,(H,16,17). The van der Waals surface area contributed by atoms with Crippen LogP contribution in [-0.4, -0.2) is 38.3 Å². The van der Waals surface area contributed by atoms with Gasteiger partial charge in [-0.1, -0.05) is 33.1 Å². The maximum Gasteiger partial charge on any atom is 0.237 e. The fourth-order valence-electron chi connectivity index (χ4n) is 2.39. The molecule has 1 amide bonds. The summed E-state index contributed by atoms with van der Waals surface area (Å²) < 4.78 is 5.25.